The molecule has 1 atom stereocenters. The topological polar surface area (TPSA) is 103 Å². The lowest BCUT2D eigenvalue weighted by Gasteiger charge is -2.22. The minimum Gasteiger partial charge on any atom is -0.494 e. The summed E-state index contributed by atoms with van der Waals surface area (Å²) in [5.41, 5.74) is 0.297. The van der Waals surface area contributed by atoms with Crippen molar-refractivity contribution in [1.82, 2.24) is 14.5 Å². The molecule has 188 valence electrons. The van der Waals surface area contributed by atoms with E-state index >= 15 is 0 Å². The number of carbonyl (C=O) groups is 1. The van der Waals surface area contributed by atoms with Crippen LogP contribution < -0.4 is 15.0 Å². The van der Waals surface area contributed by atoms with E-state index in [0.717, 1.165) is 24.8 Å². The van der Waals surface area contributed by atoms with Gasteiger partial charge in [-0.3, -0.25) is 14.2 Å². The zero-order valence-corrected chi connectivity index (χ0v) is 20.3. The summed E-state index contributed by atoms with van der Waals surface area (Å²) in [6, 6.07) is 15.1. The first kappa shape index (κ1) is 23.9. The molecule has 5 rings (SSSR count). The fraction of sp³-hybridized carbons (Fsp3) is 0.370. The third-order valence-electron chi connectivity index (χ3n) is 6.70. The number of aromatic nitrogens is 2. The summed E-state index contributed by atoms with van der Waals surface area (Å²) >= 11 is 0. The first-order chi connectivity index (χ1) is 17.5. The number of carbonyl (C=O) groups excluding carboxylic acids is 1. The van der Waals surface area contributed by atoms with Crippen LogP contribution in [-0.4, -0.2) is 58.9 Å². The molecule has 9 heteroatoms. The molecule has 0 spiro atoms. The van der Waals surface area contributed by atoms with Gasteiger partial charge >= 0.3 is 0 Å². The van der Waals surface area contributed by atoms with E-state index in [0.29, 0.717) is 30.3 Å². The number of amides is 1. The second kappa shape index (κ2) is 10.0. The summed E-state index contributed by atoms with van der Waals surface area (Å²) in [6.07, 6.45) is 2.73. The lowest BCUT2D eigenvalue weighted by Crippen LogP contribution is -2.35. The van der Waals surface area contributed by atoms with Gasteiger partial charge in [0.25, 0.3) is 11.5 Å². The van der Waals surface area contributed by atoms with Gasteiger partial charge in [-0.15, -0.1) is 0 Å². The number of benzene rings is 2. The van der Waals surface area contributed by atoms with Gasteiger partial charge in [0, 0.05) is 19.0 Å². The Labute approximate surface area is 208 Å². The summed E-state index contributed by atoms with van der Waals surface area (Å²) in [6.45, 7) is 0.914. The van der Waals surface area contributed by atoms with Crippen LogP contribution in [0.2, 0.25) is 0 Å². The van der Waals surface area contributed by atoms with E-state index in [1.54, 1.807) is 23.1 Å². The Hall–Kier alpha value is -3.85. The Balaban J connectivity index is 1.57. The van der Waals surface area contributed by atoms with Crippen LogP contribution in [0.5, 0.6) is 17.4 Å². The molecule has 1 N–H and O–H groups in total. The molecular formula is C27H29N3O6. The van der Waals surface area contributed by atoms with Gasteiger partial charge in [0.1, 0.15) is 29.6 Å². The Morgan fingerprint density at radius 2 is 1.72 bits per heavy atom. The maximum Gasteiger partial charge on any atom is 0.289 e. The van der Waals surface area contributed by atoms with Gasteiger partial charge < -0.3 is 24.2 Å². The predicted octanol–water partition coefficient (Wildman–Crippen LogP) is 3.26. The third-order valence-corrected chi connectivity index (χ3v) is 6.70. The number of likely N-dealkylation sites (tertiary alicyclic amines) is 1. The van der Waals surface area contributed by atoms with Gasteiger partial charge in [-0.2, -0.15) is 4.98 Å². The number of hydrogen-bond donors (Lipinski definition) is 1. The summed E-state index contributed by atoms with van der Waals surface area (Å²) in [5.74, 6) is 0.0133. The molecule has 0 unspecified atom stereocenters. The van der Waals surface area contributed by atoms with E-state index < -0.39 is 17.3 Å². The molecule has 3 aromatic rings. The summed E-state index contributed by atoms with van der Waals surface area (Å²) < 4.78 is 18.2. The van der Waals surface area contributed by atoms with Gasteiger partial charge in [0.2, 0.25) is 5.88 Å². The Morgan fingerprint density at radius 1 is 1.03 bits per heavy atom. The van der Waals surface area contributed by atoms with Crippen molar-refractivity contribution in [3.05, 3.63) is 75.8 Å². The van der Waals surface area contributed by atoms with Gasteiger partial charge in [0.05, 0.1) is 20.3 Å². The Kier molecular flexibility index (Phi) is 6.65. The smallest absolute Gasteiger partial charge is 0.289 e. The van der Waals surface area contributed by atoms with Crippen LogP contribution in [0.1, 0.15) is 46.9 Å². The first-order valence-electron chi connectivity index (χ1n) is 12.0. The van der Waals surface area contributed by atoms with Crippen LogP contribution in [0, 0.1) is 0 Å². The van der Waals surface area contributed by atoms with Crippen molar-refractivity contribution in [1.29, 1.82) is 0 Å². The minimum absolute atomic E-state index is 0.0110. The van der Waals surface area contributed by atoms with E-state index in [9.17, 15) is 14.7 Å². The number of nitrogens with zero attached hydrogens (tertiary/aromatic N) is 3. The normalized spacial score (nSPS) is 17.3. The fourth-order valence-corrected chi connectivity index (χ4v) is 4.65. The van der Waals surface area contributed by atoms with Crippen molar-refractivity contribution in [2.45, 2.75) is 37.9 Å². The number of ether oxygens (including phenoxy) is 3. The molecule has 2 fully saturated rings. The van der Waals surface area contributed by atoms with Crippen LogP contribution in [0.25, 0.3) is 5.69 Å². The fourth-order valence-electron chi connectivity index (χ4n) is 4.65. The number of hydrogen-bond acceptors (Lipinski definition) is 7. The second-order valence-corrected chi connectivity index (χ2v) is 9.04. The monoisotopic (exact) mass is 491 g/mol. The van der Waals surface area contributed by atoms with Gasteiger partial charge in [-0.05, 0) is 37.0 Å². The molecule has 2 heterocycles. The van der Waals surface area contributed by atoms with Gasteiger partial charge in [0.15, 0.2) is 5.56 Å². The lowest BCUT2D eigenvalue weighted by molar-refractivity contribution is 0.0780. The van der Waals surface area contributed by atoms with E-state index in [-0.39, 0.29) is 30.0 Å². The van der Waals surface area contributed by atoms with E-state index in [2.05, 4.69) is 4.98 Å². The van der Waals surface area contributed by atoms with Crippen molar-refractivity contribution in [2.24, 2.45) is 0 Å². The SMILES string of the molecule is COc1cccc(OC)c1-n1c(COC2CC2)nc(=O)c(C(=O)N2CC[C@H](c3ccccc3)C2)c1O. The summed E-state index contributed by atoms with van der Waals surface area (Å²) in [4.78, 5) is 32.5. The zero-order chi connectivity index (χ0) is 25.2. The molecular weight excluding hydrogens is 462 g/mol. The molecule has 1 aliphatic carbocycles. The van der Waals surface area contributed by atoms with Crippen molar-refractivity contribution in [2.75, 3.05) is 27.3 Å². The number of rotatable bonds is 8. The summed E-state index contributed by atoms with van der Waals surface area (Å²) in [5, 5.41) is 11.4. The summed E-state index contributed by atoms with van der Waals surface area (Å²) in [7, 11) is 2.98. The van der Waals surface area contributed by atoms with Crippen LogP contribution >= 0.6 is 0 Å². The molecule has 0 radical (unpaired) electrons. The molecule has 1 amide bonds. The number of aromatic hydroxyl groups is 1. The largest absolute Gasteiger partial charge is 0.494 e. The van der Waals surface area contributed by atoms with Crippen molar-refractivity contribution in [3.8, 4) is 23.1 Å². The molecule has 36 heavy (non-hydrogen) atoms. The highest BCUT2D eigenvalue weighted by Crippen LogP contribution is 2.37. The van der Waals surface area contributed by atoms with Gasteiger partial charge in [-0.1, -0.05) is 36.4 Å². The first-order valence-corrected chi connectivity index (χ1v) is 12.0. The molecule has 1 saturated carbocycles. The quantitative estimate of drug-likeness (QED) is 0.516. The minimum atomic E-state index is -0.792. The Morgan fingerprint density at radius 3 is 2.36 bits per heavy atom. The number of methoxy groups -OCH3 is 2. The van der Waals surface area contributed by atoms with Crippen LogP contribution in [0.15, 0.2) is 53.3 Å². The van der Waals surface area contributed by atoms with Crippen molar-refractivity contribution >= 4 is 5.91 Å². The molecule has 1 aliphatic heterocycles. The van der Waals surface area contributed by atoms with Crippen molar-refractivity contribution in [3.63, 3.8) is 0 Å². The third kappa shape index (κ3) is 4.54. The molecule has 1 saturated heterocycles. The maximum atomic E-state index is 13.6. The lowest BCUT2D eigenvalue weighted by atomic mass is 9.99. The van der Waals surface area contributed by atoms with Crippen LogP contribution in [-0.2, 0) is 11.3 Å². The molecule has 2 aromatic carbocycles. The molecule has 0 bridgehead atoms. The van der Waals surface area contributed by atoms with Crippen LogP contribution in [0.3, 0.4) is 0 Å². The molecule has 2 aliphatic rings. The average Bonchev–Trinajstić information content (AvgIpc) is 3.60. The van der Waals surface area contributed by atoms with Crippen LogP contribution in [0.4, 0.5) is 0 Å². The van der Waals surface area contributed by atoms with E-state index in [1.165, 1.54) is 18.8 Å². The van der Waals surface area contributed by atoms with Gasteiger partial charge in [-0.25, -0.2) is 0 Å². The van der Waals surface area contributed by atoms with E-state index in [1.807, 2.05) is 30.3 Å². The van der Waals surface area contributed by atoms with E-state index in [4.69, 9.17) is 14.2 Å². The number of para-hydroxylation sites is 1. The molecule has 9 nitrogen and oxygen atoms in total. The standard InChI is InChI=1S/C27H29N3O6/c1-34-20-9-6-10-21(35-2)24(20)30-22(16-36-19-11-12-19)28-25(31)23(27(30)33)26(32)29-14-13-18(15-29)17-7-4-3-5-8-17/h3-10,18-19,33H,11-16H2,1-2H3/t18-/m0/s1. The highest BCUT2D eigenvalue weighted by Gasteiger charge is 2.34. The Bertz CT molecular complexity index is 1300. The second-order valence-electron chi connectivity index (χ2n) is 9.04. The highest BCUT2D eigenvalue weighted by molar-refractivity contribution is 5.96. The van der Waals surface area contributed by atoms with Crippen molar-refractivity contribution < 1.29 is 24.1 Å². The highest BCUT2D eigenvalue weighted by atomic mass is 16.5. The molecule has 1 aromatic heterocycles. The maximum absolute atomic E-state index is 13.6. The zero-order valence-electron chi connectivity index (χ0n) is 20.3. The predicted molar refractivity (Wildman–Crippen MR) is 132 cm³/mol. The average molecular weight is 492 g/mol.